The number of hydrogen-bond acceptors (Lipinski definition) is 4. The Morgan fingerprint density at radius 3 is 2.71 bits per heavy atom. The van der Waals surface area contributed by atoms with Gasteiger partial charge in [-0.3, -0.25) is 4.79 Å². The normalized spacial score (nSPS) is 10.7. The quantitative estimate of drug-likeness (QED) is 0.857. The van der Waals surface area contributed by atoms with Gasteiger partial charge in [0.05, 0.1) is 11.7 Å². The van der Waals surface area contributed by atoms with Crippen molar-refractivity contribution < 1.29 is 9.53 Å². The van der Waals surface area contributed by atoms with Gasteiger partial charge < -0.3 is 15.8 Å². The molecule has 21 heavy (non-hydrogen) atoms. The van der Waals surface area contributed by atoms with Crippen molar-refractivity contribution in [3.63, 3.8) is 0 Å². The van der Waals surface area contributed by atoms with E-state index in [0.29, 0.717) is 12.1 Å². The molecule has 1 aromatic carbocycles. The standard InChI is InChI=1S/C16H20N2O2S/c1-10(2)20-13-4-5-15(11(3)6-13)18-8-14-7-12(9-21-14)16(17)19/h4-7,9-10,18H,8H2,1-3H3,(H2,17,19). The van der Waals surface area contributed by atoms with Crippen molar-refractivity contribution in [2.24, 2.45) is 5.73 Å². The van der Waals surface area contributed by atoms with Crippen molar-refractivity contribution in [2.75, 3.05) is 5.32 Å². The number of amides is 1. The van der Waals surface area contributed by atoms with E-state index in [-0.39, 0.29) is 12.0 Å². The smallest absolute Gasteiger partial charge is 0.249 e. The summed E-state index contributed by atoms with van der Waals surface area (Å²) in [6.07, 6.45) is 0.168. The van der Waals surface area contributed by atoms with Gasteiger partial charge in [0.1, 0.15) is 5.75 Å². The molecule has 1 aromatic heterocycles. The van der Waals surface area contributed by atoms with Gasteiger partial charge in [0.2, 0.25) is 5.91 Å². The van der Waals surface area contributed by atoms with Gasteiger partial charge in [-0.2, -0.15) is 0 Å². The summed E-state index contributed by atoms with van der Waals surface area (Å²) in [6, 6.07) is 7.81. The molecule has 0 bridgehead atoms. The minimum Gasteiger partial charge on any atom is -0.491 e. The molecule has 5 heteroatoms. The number of hydrogen-bond donors (Lipinski definition) is 2. The highest BCUT2D eigenvalue weighted by molar-refractivity contribution is 7.10. The highest BCUT2D eigenvalue weighted by atomic mass is 32.1. The van der Waals surface area contributed by atoms with Gasteiger partial charge in [0.15, 0.2) is 0 Å². The van der Waals surface area contributed by atoms with E-state index in [0.717, 1.165) is 21.9 Å². The first-order valence-corrected chi connectivity index (χ1v) is 7.72. The van der Waals surface area contributed by atoms with Crippen LogP contribution in [0, 0.1) is 6.92 Å². The second kappa shape index (κ2) is 6.63. The fourth-order valence-electron chi connectivity index (χ4n) is 1.96. The lowest BCUT2D eigenvalue weighted by atomic mass is 10.2. The van der Waals surface area contributed by atoms with Gasteiger partial charge >= 0.3 is 0 Å². The summed E-state index contributed by atoms with van der Waals surface area (Å²) >= 11 is 1.53. The Bertz CT molecular complexity index is 635. The lowest BCUT2D eigenvalue weighted by molar-refractivity contribution is 0.100. The Hall–Kier alpha value is -2.01. The summed E-state index contributed by atoms with van der Waals surface area (Å²) in [5.41, 5.74) is 7.99. The number of thiophene rings is 1. The number of anilines is 1. The molecule has 1 heterocycles. The summed E-state index contributed by atoms with van der Waals surface area (Å²) < 4.78 is 5.67. The molecular weight excluding hydrogens is 284 g/mol. The highest BCUT2D eigenvalue weighted by Gasteiger charge is 2.06. The highest BCUT2D eigenvalue weighted by Crippen LogP contribution is 2.23. The van der Waals surface area contributed by atoms with E-state index < -0.39 is 0 Å². The molecule has 0 unspecified atom stereocenters. The lowest BCUT2D eigenvalue weighted by Gasteiger charge is -2.13. The molecule has 0 saturated carbocycles. The number of nitrogens with one attached hydrogen (secondary N) is 1. The SMILES string of the molecule is Cc1cc(OC(C)C)ccc1NCc1cc(C(N)=O)cs1. The number of benzene rings is 1. The van der Waals surface area contributed by atoms with Crippen molar-refractivity contribution in [3.05, 3.63) is 45.6 Å². The Morgan fingerprint density at radius 2 is 2.14 bits per heavy atom. The van der Waals surface area contributed by atoms with Crippen molar-refractivity contribution >= 4 is 22.9 Å². The topological polar surface area (TPSA) is 64.3 Å². The Kier molecular flexibility index (Phi) is 4.85. The van der Waals surface area contributed by atoms with E-state index in [1.54, 1.807) is 5.38 Å². The van der Waals surface area contributed by atoms with E-state index >= 15 is 0 Å². The maximum Gasteiger partial charge on any atom is 0.249 e. The van der Waals surface area contributed by atoms with Crippen LogP contribution in [0.3, 0.4) is 0 Å². The number of primary amides is 1. The third kappa shape index (κ3) is 4.23. The van der Waals surface area contributed by atoms with Crippen LogP contribution in [-0.2, 0) is 6.54 Å². The predicted octanol–water partition coefficient (Wildman–Crippen LogP) is 3.55. The van der Waals surface area contributed by atoms with Crippen LogP contribution >= 0.6 is 11.3 Å². The van der Waals surface area contributed by atoms with Crippen molar-refractivity contribution in [2.45, 2.75) is 33.4 Å². The van der Waals surface area contributed by atoms with Crippen LogP contribution in [0.5, 0.6) is 5.75 Å². The van der Waals surface area contributed by atoms with E-state index in [1.165, 1.54) is 11.3 Å². The van der Waals surface area contributed by atoms with Crippen LogP contribution in [0.15, 0.2) is 29.6 Å². The van der Waals surface area contributed by atoms with Crippen LogP contribution in [0.1, 0.15) is 34.6 Å². The number of nitrogens with two attached hydrogens (primary N) is 1. The number of ether oxygens (including phenoxy) is 1. The first-order chi connectivity index (χ1) is 9.95. The number of carbonyl (C=O) groups is 1. The summed E-state index contributed by atoms with van der Waals surface area (Å²) in [7, 11) is 0. The molecule has 1 amide bonds. The second-order valence-electron chi connectivity index (χ2n) is 5.16. The largest absolute Gasteiger partial charge is 0.491 e. The van der Waals surface area contributed by atoms with Gasteiger partial charge in [-0.15, -0.1) is 11.3 Å². The van der Waals surface area contributed by atoms with Crippen LogP contribution in [0.4, 0.5) is 5.69 Å². The minimum absolute atomic E-state index is 0.168. The van der Waals surface area contributed by atoms with Crippen molar-refractivity contribution in [1.29, 1.82) is 0 Å². The maximum absolute atomic E-state index is 11.1. The number of aryl methyl sites for hydroxylation is 1. The molecule has 4 nitrogen and oxygen atoms in total. The summed E-state index contributed by atoms with van der Waals surface area (Å²) in [6.45, 7) is 6.73. The van der Waals surface area contributed by atoms with E-state index in [4.69, 9.17) is 10.5 Å². The number of rotatable bonds is 6. The van der Waals surface area contributed by atoms with Crippen LogP contribution in [-0.4, -0.2) is 12.0 Å². The Balaban J connectivity index is 2.00. The van der Waals surface area contributed by atoms with E-state index in [1.807, 2.05) is 45.0 Å². The fraction of sp³-hybridized carbons (Fsp3) is 0.312. The van der Waals surface area contributed by atoms with Gasteiger partial charge in [-0.25, -0.2) is 0 Å². The third-order valence-corrected chi connectivity index (χ3v) is 3.90. The molecule has 112 valence electrons. The molecule has 3 N–H and O–H groups in total. The monoisotopic (exact) mass is 304 g/mol. The molecule has 2 rings (SSSR count). The second-order valence-corrected chi connectivity index (χ2v) is 6.16. The maximum atomic E-state index is 11.1. The molecule has 0 aliphatic rings. The van der Waals surface area contributed by atoms with Gasteiger partial charge in [-0.05, 0) is 50.6 Å². The van der Waals surface area contributed by atoms with Crippen LogP contribution < -0.4 is 15.8 Å². The molecule has 0 atom stereocenters. The van der Waals surface area contributed by atoms with E-state index in [9.17, 15) is 4.79 Å². The molecule has 0 saturated heterocycles. The molecular formula is C16H20N2O2S. The Labute approximate surface area is 128 Å². The zero-order chi connectivity index (χ0) is 15.4. The predicted molar refractivity (Wildman–Crippen MR) is 87.1 cm³/mol. The average Bonchev–Trinajstić information content (AvgIpc) is 2.86. The van der Waals surface area contributed by atoms with Crippen molar-refractivity contribution in [3.8, 4) is 5.75 Å². The van der Waals surface area contributed by atoms with Crippen LogP contribution in [0.25, 0.3) is 0 Å². The van der Waals surface area contributed by atoms with Gasteiger partial charge in [-0.1, -0.05) is 0 Å². The van der Waals surface area contributed by atoms with Gasteiger partial charge in [0.25, 0.3) is 0 Å². The summed E-state index contributed by atoms with van der Waals surface area (Å²) in [5, 5.41) is 5.15. The molecule has 2 aromatic rings. The molecule has 0 aliphatic heterocycles. The molecule has 0 radical (unpaired) electrons. The average molecular weight is 304 g/mol. The van der Waals surface area contributed by atoms with Gasteiger partial charge in [0, 0.05) is 22.5 Å². The molecule has 0 spiro atoms. The summed E-state index contributed by atoms with van der Waals surface area (Å²) in [5.74, 6) is 0.490. The molecule has 0 aliphatic carbocycles. The third-order valence-electron chi connectivity index (χ3n) is 2.96. The number of carbonyl (C=O) groups excluding carboxylic acids is 1. The fourth-order valence-corrected chi connectivity index (χ4v) is 2.78. The van der Waals surface area contributed by atoms with E-state index in [2.05, 4.69) is 5.32 Å². The minimum atomic E-state index is -0.385. The Morgan fingerprint density at radius 1 is 1.38 bits per heavy atom. The zero-order valence-corrected chi connectivity index (χ0v) is 13.3. The zero-order valence-electron chi connectivity index (χ0n) is 12.5. The first kappa shape index (κ1) is 15.4. The first-order valence-electron chi connectivity index (χ1n) is 6.84. The summed E-state index contributed by atoms with van der Waals surface area (Å²) in [4.78, 5) is 12.1. The lowest BCUT2D eigenvalue weighted by Crippen LogP contribution is -2.09. The molecule has 0 fully saturated rings. The van der Waals surface area contributed by atoms with Crippen molar-refractivity contribution in [1.82, 2.24) is 0 Å². The van der Waals surface area contributed by atoms with Crippen LogP contribution in [0.2, 0.25) is 0 Å².